The van der Waals surface area contributed by atoms with Crippen LogP contribution in [0.5, 0.6) is 5.75 Å². The standard InChI is InChI=1S/C16H21NO2/c1-10(2)16-7-11-6-13(4-5-15(11)19-16)18-14-8-12(9-14)17-3/h4-7,10,12,14,17H,8-9H2,1-3H3/t12-,14+. The Morgan fingerprint density at radius 1 is 1.26 bits per heavy atom. The van der Waals surface area contributed by atoms with Crippen molar-refractivity contribution < 1.29 is 9.15 Å². The van der Waals surface area contributed by atoms with Crippen molar-refractivity contribution in [2.45, 2.75) is 44.8 Å². The highest BCUT2D eigenvalue weighted by Crippen LogP contribution is 2.30. The molecule has 3 heteroatoms. The second-order valence-electron chi connectivity index (χ2n) is 5.70. The molecule has 19 heavy (non-hydrogen) atoms. The van der Waals surface area contributed by atoms with E-state index in [9.17, 15) is 0 Å². The lowest BCUT2D eigenvalue weighted by Crippen LogP contribution is -2.45. The lowest BCUT2D eigenvalue weighted by atomic mass is 9.89. The van der Waals surface area contributed by atoms with Crippen molar-refractivity contribution in [2.24, 2.45) is 0 Å². The van der Waals surface area contributed by atoms with Gasteiger partial charge in [-0.2, -0.15) is 0 Å². The second kappa shape index (κ2) is 4.89. The summed E-state index contributed by atoms with van der Waals surface area (Å²) in [6.45, 7) is 4.28. The molecule has 0 unspecified atom stereocenters. The van der Waals surface area contributed by atoms with Crippen molar-refractivity contribution in [2.75, 3.05) is 7.05 Å². The summed E-state index contributed by atoms with van der Waals surface area (Å²) in [4.78, 5) is 0. The van der Waals surface area contributed by atoms with Gasteiger partial charge in [-0.3, -0.25) is 0 Å². The zero-order chi connectivity index (χ0) is 13.4. The fourth-order valence-corrected chi connectivity index (χ4v) is 2.49. The van der Waals surface area contributed by atoms with E-state index in [1.165, 1.54) is 0 Å². The summed E-state index contributed by atoms with van der Waals surface area (Å²) < 4.78 is 11.8. The Bertz CT molecular complexity index is 567. The van der Waals surface area contributed by atoms with Gasteiger partial charge in [0.1, 0.15) is 23.2 Å². The third-order valence-corrected chi connectivity index (χ3v) is 3.88. The fourth-order valence-electron chi connectivity index (χ4n) is 2.49. The number of fused-ring (bicyclic) bond motifs is 1. The van der Waals surface area contributed by atoms with Crippen molar-refractivity contribution in [1.29, 1.82) is 0 Å². The molecule has 0 spiro atoms. The summed E-state index contributed by atoms with van der Waals surface area (Å²) in [6, 6.07) is 8.82. The Morgan fingerprint density at radius 2 is 2.05 bits per heavy atom. The summed E-state index contributed by atoms with van der Waals surface area (Å²) in [5.41, 5.74) is 0.942. The maximum absolute atomic E-state index is 5.98. The molecule has 0 saturated heterocycles. The Labute approximate surface area is 113 Å². The summed E-state index contributed by atoms with van der Waals surface area (Å²) in [5, 5.41) is 4.40. The first-order valence-electron chi connectivity index (χ1n) is 7.03. The molecule has 1 saturated carbocycles. The zero-order valence-electron chi connectivity index (χ0n) is 11.8. The molecule has 0 amide bonds. The average molecular weight is 259 g/mol. The Morgan fingerprint density at radius 3 is 2.74 bits per heavy atom. The molecule has 1 N–H and O–H groups in total. The first-order chi connectivity index (χ1) is 9.15. The van der Waals surface area contributed by atoms with Crippen LogP contribution in [0.4, 0.5) is 0 Å². The third-order valence-electron chi connectivity index (χ3n) is 3.88. The first kappa shape index (κ1) is 12.5. The second-order valence-corrected chi connectivity index (χ2v) is 5.70. The average Bonchev–Trinajstić information content (AvgIpc) is 2.76. The maximum Gasteiger partial charge on any atom is 0.134 e. The van der Waals surface area contributed by atoms with Crippen molar-refractivity contribution in [3.8, 4) is 5.75 Å². The molecule has 1 heterocycles. The Balaban J connectivity index is 1.74. The number of furan rings is 1. The Kier molecular flexibility index (Phi) is 3.23. The third kappa shape index (κ3) is 2.47. The van der Waals surface area contributed by atoms with Gasteiger partial charge in [-0.1, -0.05) is 13.8 Å². The van der Waals surface area contributed by atoms with Gasteiger partial charge in [0.2, 0.25) is 0 Å². The van der Waals surface area contributed by atoms with Crippen LogP contribution in [0.25, 0.3) is 11.0 Å². The van der Waals surface area contributed by atoms with Crippen molar-refractivity contribution >= 4 is 11.0 Å². The molecule has 0 atom stereocenters. The number of ether oxygens (including phenoxy) is 1. The minimum atomic E-state index is 0.353. The fraction of sp³-hybridized carbons (Fsp3) is 0.500. The van der Waals surface area contributed by atoms with Crippen LogP contribution in [0, 0.1) is 0 Å². The van der Waals surface area contributed by atoms with Crippen molar-refractivity contribution in [3.63, 3.8) is 0 Å². The van der Waals surface area contributed by atoms with Gasteiger partial charge in [0.05, 0.1) is 0 Å². The van der Waals surface area contributed by atoms with Crippen LogP contribution in [-0.2, 0) is 0 Å². The minimum Gasteiger partial charge on any atom is -0.490 e. The molecule has 1 aromatic carbocycles. The van der Waals surface area contributed by atoms with Crippen molar-refractivity contribution in [3.05, 3.63) is 30.0 Å². The van der Waals surface area contributed by atoms with Crippen LogP contribution in [0.15, 0.2) is 28.7 Å². The van der Waals surface area contributed by atoms with E-state index in [4.69, 9.17) is 9.15 Å². The molecule has 102 valence electrons. The van der Waals surface area contributed by atoms with E-state index in [0.29, 0.717) is 18.1 Å². The largest absolute Gasteiger partial charge is 0.490 e. The van der Waals surface area contributed by atoms with E-state index in [-0.39, 0.29) is 0 Å². The monoisotopic (exact) mass is 259 g/mol. The van der Waals surface area contributed by atoms with Gasteiger partial charge < -0.3 is 14.5 Å². The normalized spacial score (nSPS) is 22.7. The van der Waals surface area contributed by atoms with E-state index in [2.05, 4.69) is 31.3 Å². The number of benzene rings is 1. The van der Waals surface area contributed by atoms with Gasteiger partial charge >= 0.3 is 0 Å². The van der Waals surface area contributed by atoms with E-state index >= 15 is 0 Å². The van der Waals surface area contributed by atoms with Gasteiger partial charge in [0.15, 0.2) is 0 Å². The topological polar surface area (TPSA) is 34.4 Å². The van der Waals surface area contributed by atoms with Crippen LogP contribution in [0.3, 0.4) is 0 Å². The zero-order valence-corrected chi connectivity index (χ0v) is 11.8. The van der Waals surface area contributed by atoms with E-state index in [0.717, 1.165) is 35.3 Å². The van der Waals surface area contributed by atoms with Crippen LogP contribution in [0.2, 0.25) is 0 Å². The molecule has 1 aliphatic carbocycles. The summed E-state index contributed by atoms with van der Waals surface area (Å²) in [5.74, 6) is 2.40. The van der Waals surface area contributed by atoms with Crippen LogP contribution >= 0.6 is 0 Å². The molecule has 0 aliphatic heterocycles. The molecule has 1 fully saturated rings. The number of hydrogen-bond acceptors (Lipinski definition) is 3. The maximum atomic E-state index is 5.98. The minimum absolute atomic E-state index is 0.353. The van der Waals surface area contributed by atoms with Crippen LogP contribution in [-0.4, -0.2) is 19.2 Å². The number of hydrogen-bond donors (Lipinski definition) is 1. The highest BCUT2D eigenvalue weighted by molar-refractivity contribution is 5.79. The van der Waals surface area contributed by atoms with Gasteiger partial charge in [-0.25, -0.2) is 0 Å². The quantitative estimate of drug-likeness (QED) is 0.909. The lowest BCUT2D eigenvalue weighted by molar-refractivity contribution is 0.0886. The van der Waals surface area contributed by atoms with Gasteiger partial charge in [0.25, 0.3) is 0 Å². The SMILES string of the molecule is CN[C@H]1C[C@@H](Oc2ccc3oc(C(C)C)cc3c2)C1. The van der Waals surface area contributed by atoms with E-state index in [1.807, 2.05) is 19.2 Å². The predicted molar refractivity (Wildman–Crippen MR) is 76.8 cm³/mol. The van der Waals surface area contributed by atoms with E-state index in [1.54, 1.807) is 0 Å². The molecule has 1 aliphatic rings. The highest BCUT2D eigenvalue weighted by atomic mass is 16.5. The lowest BCUT2D eigenvalue weighted by Gasteiger charge is -2.35. The molecule has 3 nitrogen and oxygen atoms in total. The van der Waals surface area contributed by atoms with Crippen LogP contribution < -0.4 is 10.1 Å². The Hall–Kier alpha value is -1.48. The van der Waals surface area contributed by atoms with E-state index < -0.39 is 0 Å². The summed E-state index contributed by atoms with van der Waals surface area (Å²) >= 11 is 0. The van der Waals surface area contributed by atoms with Gasteiger partial charge in [-0.05, 0) is 44.2 Å². The first-order valence-corrected chi connectivity index (χ1v) is 7.03. The smallest absolute Gasteiger partial charge is 0.134 e. The highest BCUT2D eigenvalue weighted by Gasteiger charge is 2.29. The molecular formula is C16H21NO2. The molecule has 3 rings (SSSR count). The predicted octanol–water partition coefficient (Wildman–Crippen LogP) is 3.69. The van der Waals surface area contributed by atoms with Crippen molar-refractivity contribution in [1.82, 2.24) is 5.32 Å². The molecule has 2 aromatic rings. The molecule has 1 aromatic heterocycles. The van der Waals surface area contributed by atoms with Gasteiger partial charge in [0, 0.05) is 17.3 Å². The number of nitrogens with one attached hydrogen (secondary N) is 1. The van der Waals surface area contributed by atoms with Crippen LogP contribution in [0.1, 0.15) is 38.4 Å². The number of rotatable bonds is 4. The summed E-state index contributed by atoms with van der Waals surface area (Å²) in [7, 11) is 2.01. The molecule has 0 radical (unpaired) electrons. The molecule has 0 bridgehead atoms. The van der Waals surface area contributed by atoms with Gasteiger partial charge in [-0.15, -0.1) is 0 Å². The summed E-state index contributed by atoms with van der Waals surface area (Å²) in [6.07, 6.45) is 2.54. The molecular weight excluding hydrogens is 238 g/mol.